The standard InChI is InChI=1S/C23H30N4O3/c1-14-7-6-9-18-17(12-24-20(14)18)11-16(3)25-19(28)13-27-21(29)23(26-22(27)30)10-5-4-8-15(23)2/h6-7,9,12,15-16,24H,4-5,8,10-11,13H2,1-3H3,(H,25,28)(H,26,30)/t15-,16+,23-/m1/s1. The Morgan fingerprint density at radius 2 is 2.13 bits per heavy atom. The summed E-state index contributed by atoms with van der Waals surface area (Å²) in [6.07, 6.45) is 6.18. The summed E-state index contributed by atoms with van der Waals surface area (Å²) < 4.78 is 0. The lowest BCUT2D eigenvalue weighted by Crippen LogP contribution is -2.54. The average molecular weight is 411 g/mol. The van der Waals surface area contributed by atoms with E-state index in [0.717, 1.165) is 40.6 Å². The molecule has 7 heteroatoms. The zero-order valence-electron chi connectivity index (χ0n) is 17.9. The lowest BCUT2D eigenvalue weighted by molar-refractivity contribution is -0.137. The first kappa shape index (κ1) is 20.4. The highest BCUT2D eigenvalue weighted by atomic mass is 16.2. The number of rotatable bonds is 5. The molecule has 1 aliphatic carbocycles. The van der Waals surface area contributed by atoms with E-state index in [2.05, 4.69) is 34.7 Å². The van der Waals surface area contributed by atoms with Crippen molar-refractivity contribution in [3.05, 3.63) is 35.5 Å². The van der Waals surface area contributed by atoms with Crippen LogP contribution in [0.15, 0.2) is 24.4 Å². The number of nitrogens with one attached hydrogen (secondary N) is 3. The summed E-state index contributed by atoms with van der Waals surface area (Å²) in [5.41, 5.74) is 2.59. The van der Waals surface area contributed by atoms with E-state index in [9.17, 15) is 14.4 Å². The van der Waals surface area contributed by atoms with Crippen LogP contribution in [0.2, 0.25) is 0 Å². The smallest absolute Gasteiger partial charge is 0.325 e. The van der Waals surface area contributed by atoms with E-state index >= 15 is 0 Å². The first-order valence-electron chi connectivity index (χ1n) is 10.8. The minimum Gasteiger partial charge on any atom is -0.361 e. The normalized spacial score (nSPS) is 25.0. The Morgan fingerprint density at radius 1 is 1.33 bits per heavy atom. The van der Waals surface area contributed by atoms with Crippen molar-refractivity contribution in [2.75, 3.05) is 6.54 Å². The Hall–Kier alpha value is -2.83. The Balaban J connectivity index is 1.39. The van der Waals surface area contributed by atoms with Crippen LogP contribution in [0.5, 0.6) is 0 Å². The number of nitrogens with zero attached hydrogens (tertiary/aromatic N) is 1. The molecule has 4 rings (SSSR count). The maximum Gasteiger partial charge on any atom is 0.325 e. The molecule has 2 aromatic rings. The molecule has 1 aliphatic heterocycles. The van der Waals surface area contributed by atoms with Crippen LogP contribution in [-0.2, 0) is 16.0 Å². The van der Waals surface area contributed by atoms with Gasteiger partial charge in [-0.05, 0) is 50.2 Å². The van der Waals surface area contributed by atoms with Gasteiger partial charge in [-0.3, -0.25) is 14.5 Å². The van der Waals surface area contributed by atoms with Gasteiger partial charge in [0.25, 0.3) is 5.91 Å². The monoisotopic (exact) mass is 410 g/mol. The maximum absolute atomic E-state index is 13.0. The molecule has 160 valence electrons. The zero-order valence-corrected chi connectivity index (χ0v) is 17.9. The molecule has 2 fully saturated rings. The van der Waals surface area contributed by atoms with Crippen LogP contribution in [0.4, 0.5) is 4.79 Å². The Morgan fingerprint density at radius 3 is 2.90 bits per heavy atom. The topological polar surface area (TPSA) is 94.3 Å². The summed E-state index contributed by atoms with van der Waals surface area (Å²) in [6, 6.07) is 5.58. The molecule has 1 spiro atoms. The van der Waals surface area contributed by atoms with Gasteiger partial charge in [0.2, 0.25) is 5.91 Å². The highest BCUT2D eigenvalue weighted by molar-refractivity contribution is 6.09. The van der Waals surface area contributed by atoms with Crippen LogP contribution in [0.25, 0.3) is 10.9 Å². The SMILES string of the molecule is Cc1cccc2c(C[C@H](C)NC(=O)CN3C(=O)N[C@@]4(CCCC[C@H]4C)C3=O)c[nH]c12. The number of fused-ring (bicyclic) bond motifs is 1. The molecule has 3 N–H and O–H groups in total. The van der Waals surface area contributed by atoms with E-state index < -0.39 is 11.6 Å². The van der Waals surface area contributed by atoms with E-state index in [4.69, 9.17) is 0 Å². The highest BCUT2D eigenvalue weighted by Gasteiger charge is 2.55. The second-order valence-corrected chi connectivity index (χ2v) is 8.92. The number of hydrogen-bond acceptors (Lipinski definition) is 3. The van der Waals surface area contributed by atoms with Crippen molar-refractivity contribution in [2.24, 2.45) is 5.92 Å². The number of H-pyrrole nitrogens is 1. The van der Waals surface area contributed by atoms with Gasteiger partial charge in [-0.2, -0.15) is 0 Å². The van der Waals surface area contributed by atoms with E-state index in [0.29, 0.717) is 12.8 Å². The zero-order chi connectivity index (χ0) is 21.5. The summed E-state index contributed by atoms with van der Waals surface area (Å²) in [4.78, 5) is 42.5. The Bertz CT molecular complexity index is 997. The fraction of sp³-hybridized carbons (Fsp3) is 0.522. The van der Waals surface area contributed by atoms with Gasteiger partial charge < -0.3 is 15.6 Å². The second-order valence-electron chi connectivity index (χ2n) is 8.92. The first-order valence-corrected chi connectivity index (χ1v) is 10.8. The minimum atomic E-state index is -0.830. The highest BCUT2D eigenvalue weighted by Crippen LogP contribution is 2.38. The van der Waals surface area contributed by atoms with Crippen LogP contribution < -0.4 is 10.6 Å². The van der Waals surface area contributed by atoms with Crippen molar-refractivity contribution in [1.29, 1.82) is 0 Å². The molecule has 2 aliphatic rings. The number of carbonyl (C=O) groups excluding carboxylic acids is 3. The summed E-state index contributed by atoms with van der Waals surface area (Å²) in [5.74, 6) is -0.489. The molecule has 0 radical (unpaired) electrons. The number of hydrogen-bond donors (Lipinski definition) is 3. The Kier molecular flexibility index (Phi) is 5.30. The number of benzene rings is 1. The Labute approximate surface area is 176 Å². The van der Waals surface area contributed by atoms with Crippen molar-refractivity contribution in [3.8, 4) is 0 Å². The largest absolute Gasteiger partial charge is 0.361 e. The second kappa shape index (κ2) is 7.78. The predicted molar refractivity (Wildman–Crippen MR) is 115 cm³/mol. The number of amides is 4. The molecule has 1 saturated heterocycles. The van der Waals surface area contributed by atoms with Gasteiger partial charge >= 0.3 is 6.03 Å². The van der Waals surface area contributed by atoms with E-state index in [1.165, 1.54) is 5.56 Å². The minimum absolute atomic E-state index is 0.0833. The number of para-hydroxylation sites is 1. The third-order valence-corrected chi connectivity index (χ3v) is 6.75. The molecule has 0 bridgehead atoms. The molecule has 30 heavy (non-hydrogen) atoms. The van der Waals surface area contributed by atoms with Crippen molar-refractivity contribution in [1.82, 2.24) is 20.5 Å². The van der Waals surface area contributed by atoms with Crippen LogP contribution in [0, 0.1) is 12.8 Å². The molecule has 3 atom stereocenters. The summed E-state index contributed by atoms with van der Waals surface area (Å²) >= 11 is 0. The van der Waals surface area contributed by atoms with Crippen LogP contribution >= 0.6 is 0 Å². The summed E-state index contributed by atoms with van der Waals surface area (Å²) in [5, 5.41) is 6.99. The molecule has 1 aromatic carbocycles. The fourth-order valence-electron chi connectivity index (χ4n) is 5.02. The molecule has 1 saturated carbocycles. The lowest BCUT2D eigenvalue weighted by Gasteiger charge is -2.36. The van der Waals surface area contributed by atoms with Crippen molar-refractivity contribution in [2.45, 2.75) is 64.5 Å². The lowest BCUT2D eigenvalue weighted by atomic mass is 9.73. The van der Waals surface area contributed by atoms with Gasteiger partial charge in [0.05, 0.1) is 0 Å². The van der Waals surface area contributed by atoms with Gasteiger partial charge in [0.15, 0.2) is 0 Å². The first-order chi connectivity index (χ1) is 14.3. The van der Waals surface area contributed by atoms with Crippen LogP contribution in [-0.4, -0.2) is 45.9 Å². The average Bonchev–Trinajstić information content (AvgIpc) is 3.20. The molecule has 2 heterocycles. The summed E-state index contributed by atoms with van der Waals surface area (Å²) in [7, 11) is 0. The van der Waals surface area contributed by atoms with Gasteiger partial charge in [-0.25, -0.2) is 4.79 Å². The number of aryl methyl sites for hydroxylation is 1. The molecule has 4 amide bonds. The maximum atomic E-state index is 13.0. The molecule has 1 aromatic heterocycles. The number of imide groups is 1. The quantitative estimate of drug-likeness (QED) is 0.662. The predicted octanol–water partition coefficient (Wildman–Crippen LogP) is 3.02. The van der Waals surface area contributed by atoms with Gasteiger partial charge in [0.1, 0.15) is 12.1 Å². The molecule has 7 nitrogen and oxygen atoms in total. The summed E-state index contributed by atoms with van der Waals surface area (Å²) in [6.45, 7) is 5.76. The number of carbonyl (C=O) groups is 3. The van der Waals surface area contributed by atoms with Crippen molar-refractivity contribution in [3.63, 3.8) is 0 Å². The number of aromatic amines is 1. The number of aromatic nitrogens is 1. The third kappa shape index (κ3) is 3.46. The van der Waals surface area contributed by atoms with Crippen molar-refractivity contribution >= 4 is 28.7 Å². The van der Waals surface area contributed by atoms with Gasteiger partial charge in [0, 0.05) is 23.1 Å². The molecular weight excluding hydrogens is 380 g/mol. The molecule has 0 unspecified atom stereocenters. The van der Waals surface area contributed by atoms with Gasteiger partial charge in [-0.1, -0.05) is 38.0 Å². The third-order valence-electron chi connectivity index (χ3n) is 6.75. The van der Waals surface area contributed by atoms with Crippen LogP contribution in [0.1, 0.15) is 50.7 Å². The van der Waals surface area contributed by atoms with E-state index in [1.807, 2.05) is 26.1 Å². The van der Waals surface area contributed by atoms with Crippen molar-refractivity contribution < 1.29 is 14.4 Å². The number of urea groups is 1. The van der Waals surface area contributed by atoms with E-state index in [-0.39, 0.29) is 30.3 Å². The molecular formula is C23H30N4O3. The fourth-order valence-corrected chi connectivity index (χ4v) is 5.02. The van der Waals surface area contributed by atoms with E-state index in [1.54, 1.807) is 0 Å². The van der Waals surface area contributed by atoms with Gasteiger partial charge in [-0.15, -0.1) is 0 Å². The van der Waals surface area contributed by atoms with Crippen LogP contribution in [0.3, 0.4) is 0 Å².